The molecular weight excluding hydrogens is 494 g/mol. The van der Waals surface area contributed by atoms with Crippen molar-refractivity contribution in [2.75, 3.05) is 30.2 Å². The van der Waals surface area contributed by atoms with Crippen molar-refractivity contribution in [3.63, 3.8) is 0 Å². The fourth-order valence-corrected chi connectivity index (χ4v) is 5.68. The Morgan fingerprint density at radius 2 is 1.83 bits per heavy atom. The smallest absolute Gasteiger partial charge is 0.268 e. The molecule has 0 unspecified atom stereocenters. The minimum Gasteiger partial charge on any atom is -0.381 e. The molecule has 0 spiro atoms. The van der Waals surface area contributed by atoms with Crippen LogP contribution in [-0.4, -0.2) is 44.1 Å². The number of benzene rings is 2. The minimum absolute atomic E-state index is 0.00640. The fraction of sp³-hybridized carbons (Fsp3) is 0.375. The van der Waals surface area contributed by atoms with Gasteiger partial charge in [-0.1, -0.05) is 24.3 Å². The first-order chi connectivity index (χ1) is 16.6. The molecule has 1 aromatic heterocycles. The topological polar surface area (TPSA) is 83.6 Å². The van der Waals surface area contributed by atoms with Crippen LogP contribution in [-0.2, 0) is 27.8 Å². The van der Waals surface area contributed by atoms with Gasteiger partial charge in [-0.2, -0.15) is 0 Å². The summed E-state index contributed by atoms with van der Waals surface area (Å²) in [6, 6.07) is 9.83. The highest BCUT2D eigenvalue weighted by Gasteiger charge is 2.38. The predicted octanol–water partition coefficient (Wildman–Crippen LogP) is 4.69. The minimum atomic E-state index is -4.46. The average molecular weight is 523 g/mol. The molecule has 4 rings (SSSR count). The van der Waals surface area contributed by atoms with Crippen molar-refractivity contribution in [2.45, 2.75) is 37.4 Å². The zero-order valence-corrected chi connectivity index (χ0v) is 21.3. The van der Waals surface area contributed by atoms with Gasteiger partial charge in [0.2, 0.25) is 0 Å². The monoisotopic (exact) mass is 522 g/mol. The highest BCUT2D eigenvalue weighted by Crippen LogP contribution is 2.31. The summed E-state index contributed by atoms with van der Waals surface area (Å²) in [6.45, 7) is 7.15. The predicted molar refractivity (Wildman–Crippen MR) is 133 cm³/mol. The molecule has 0 amide bonds. The van der Waals surface area contributed by atoms with Gasteiger partial charge in [-0.3, -0.25) is 9.62 Å². The Hall–Kier alpha value is -2.60. The molecule has 35 heavy (non-hydrogen) atoms. The third-order valence-electron chi connectivity index (χ3n) is 6.40. The van der Waals surface area contributed by atoms with Gasteiger partial charge in [-0.05, 0) is 37.1 Å². The number of rotatable bonds is 10. The molecule has 1 saturated heterocycles. The van der Waals surface area contributed by atoms with Crippen molar-refractivity contribution in [2.24, 2.45) is 5.92 Å². The molecule has 0 aliphatic carbocycles. The third-order valence-corrected chi connectivity index (χ3v) is 8.39. The highest BCUT2D eigenvalue weighted by atomic mass is 32.2. The molecule has 2 N–H and O–H groups in total. The number of ether oxygens (including phenoxy) is 1. The van der Waals surface area contributed by atoms with Gasteiger partial charge in [0.05, 0.1) is 11.1 Å². The second-order valence-corrected chi connectivity index (χ2v) is 11.4. The first-order valence-electron chi connectivity index (χ1n) is 11.1. The van der Waals surface area contributed by atoms with Gasteiger partial charge < -0.3 is 10.1 Å². The maximum atomic E-state index is 14.7. The van der Waals surface area contributed by atoms with E-state index in [9.17, 15) is 17.2 Å². The number of hydrogen-bond donors (Lipinski definition) is 2. The van der Waals surface area contributed by atoms with Gasteiger partial charge in [0.25, 0.3) is 10.0 Å². The molecule has 0 saturated carbocycles. The lowest BCUT2D eigenvalue weighted by molar-refractivity contribution is -0.0901. The summed E-state index contributed by atoms with van der Waals surface area (Å²) >= 11 is 1.16. The van der Waals surface area contributed by atoms with Crippen molar-refractivity contribution in [3.8, 4) is 0 Å². The Kier molecular flexibility index (Phi) is 7.41. The first kappa shape index (κ1) is 25.5. The molecule has 1 aliphatic rings. The molecular formula is C24H28F2N4O3S2. The zero-order valence-electron chi connectivity index (χ0n) is 19.7. The quantitative estimate of drug-likeness (QED) is 0.402. The molecule has 0 atom stereocenters. The molecule has 3 aromatic rings. The second kappa shape index (κ2) is 10.2. The average Bonchev–Trinajstić information content (AvgIpc) is 3.26. The molecule has 1 fully saturated rings. The number of anilines is 2. The number of nitrogens with one attached hydrogen (secondary N) is 2. The Bertz CT molecular complexity index is 1250. The summed E-state index contributed by atoms with van der Waals surface area (Å²) in [4.78, 5) is 5.08. The lowest BCUT2D eigenvalue weighted by atomic mass is 9.84. The molecule has 2 heterocycles. The number of sulfonamides is 1. The van der Waals surface area contributed by atoms with E-state index in [4.69, 9.17) is 4.74 Å². The van der Waals surface area contributed by atoms with E-state index in [2.05, 4.69) is 33.8 Å². The van der Waals surface area contributed by atoms with Crippen molar-refractivity contribution in [1.29, 1.82) is 0 Å². The number of likely N-dealkylation sites (tertiary alicyclic amines) is 1. The fourth-order valence-electron chi connectivity index (χ4n) is 4.00. The Morgan fingerprint density at radius 3 is 2.43 bits per heavy atom. The van der Waals surface area contributed by atoms with E-state index in [1.165, 1.54) is 10.9 Å². The molecule has 2 aromatic carbocycles. The van der Waals surface area contributed by atoms with Crippen LogP contribution < -0.4 is 10.0 Å². The second-order valence-electron chi connectivity index (χ2n) is 9.07. The van der Waals surface area contributed by atoms with Crippen LogP contribution in [0.2, 0.25) is 0 Å². The van der Waals surface area contributed by atoms with E-state index >= 15 is 0 Å². The molecule has 188 valence electrons. The van der Waals surface area contributed by atoms with Crippen molar-refractivity contribution >= 4 is 32.9 Å². The molecule has 0 bridgehead atoms. The van der Waals surface area contributed by atoms with Crippen LogP contribution in [0.5, 0.6) is 0 Å². The van der Waals surface area contributed by atoms with Gasteiger partial charge in [0.1, 0.15) is 11.6 Å². The van der Waals surface area contributed by atoms with Gasteiger partial charge in [0.15, 0.2) is 10.7 Å². The number of nitrogens with zero attached hydrogens (tertiary/aromatic N) is 2. The van der Waals surface area contributed by atoms with E-state index in [0.717, 1.165) is 54.2 Å². The summed E-state index contributed by atoms with van der Waals surface area (Å²) < 4.78 is 62.0. The summed E-state index contributed by atoms with van der Waals surface area (Å²) in [5, 5.41) is 4.44. The SMILES string of the molecule is COC(C)(C)C1CN(Cc2ccccc2CNc2cc(F)c(S(=O)(=O)Nc3cscn3)c(F)c2)C1. The Labute approximate surface area is 208 Å². The van der Waals surface area contributed by atoms with Crippen LogP contribution in [0.3, 0.4) is 0 Å². The number of hydrogen-bond acceptors (Lipinski definition) is 7. The van der Waals surface area contributed by atoms with Crippen molar-refractivity contribution in [3.05, 3.63) is 70.1 Å². The van der Waals surface area contributed by atoms with E-state index in [1.807, 2.05) is 24.3 Å². The van der Waals surface area contributed by atoms with Crippen LogP contribution in [0.15, 0.2) is 52.2 Å². The van der Waals surface area contributed by atoms with E-state index in [1.54, 1.807) is 7.11 Å². The van der Waals surface area contributed by atoms with Crippen LogP contribution in [0.25, 0.3) is 0 Å². The van der Waals surface area contributed by atoms with Crippen LogP contribution >= 0.6 is 11.3 Å². The van der Waals surface area contributed by atoms with Crippen LogP contribution in [0.4, 0.5) is 20.3 Å². The highest BCUT2D eigenvalue weighted by molar-refractivity contribution is 7.92. The largest absolute Gasteiger partial charge is 0.381 e. The molecule has 7 nitrogen and oxygen atoms in total. The lowest BCUT2D eigenvalue weighted by Gasteiger charge is -2.47. The van der Waals surface area contributed by atoms with Gasteiger partial charge in [-0.25, -0.2) is 22.2 Å². The van der Waals surface area contributed by atoms with Crippen molar-refractivity contribution < 1.29 is 21.9 Å². The molecule has 11 heteroatoms. The Morgan fingerprint density at radius 1 is 1.17 bits per heavy atom. The number of halogens is 2. The standard InChI is InChI=1S/C24H28F2N4O3S2/c1-24(2,33-3)18-12-30(13-18)11-17-7-5-4-6-16(17)10-27-19-8-20(25)23(21(26)9-19)35(31,32)29-22-14-34-15-28-22/h4-9,14-15,18,27,29H,10-13H2,1-3H3. The third kappa shape index (κ3) is 5.80. The Balaban J connectivity index is 1.42. The van der Waals surface area contributed by atoms with Gasteiger partial charge in [0, 0.05) is 50.3 Å². The maximum Gasteiger partial charge on any atom is 0.268 e. The summed E-state index contributed by atoms with van der Waals surface area (Å²) in [6.07, 6.45) is 0. The number of methoxy groups -OCH3 is 1. The molecule has 0 radical (unpaired) electrons. The lowest BCUT2D eigenvalue weighted by Crippen LogP contribution is -2.55. The molecule has 1 aliphatic heterocycles. The number of thiazole rings is 1. The van der Waals surface area contributed by atoms with E-state index in [0.29, 0.717) is 12.5 Å². The zero-order chi connectivity index (χ0) is 25.2. The summed E-state index contributed by atoms with van der Waals surface area (Å²) in [5.41, 5.74) is 3.50. The maximum absolute atomic E-state index is 14.7. The van der Waals surface area contributed by atoms with Crippen LogP contribution in [0, 0.1) is 17.6 Å². The summed E-state index contributed by atoms with van der Waals surface area (Å²) in [7, 11) is -2.73. The van der Waals surface area contributed by atoms with Crippen LogP contribution in [0.1, 0.15) is 25.0 Å². The first-order valence-corrected chi connectivity index (χ1v) is 13.5. The summed E-state index contributed by atoms with van der Waals surface area (Å²) in [5.74, 6) is -1.90. The normalized spacial score (nSPS) is 15.1. The van der Waals surface area contributed by atoms with Crippen molar-refractivity contribution in [1.82, 2.24) is 9.88 Å². The van der Waals surface area contributed by atoms with E-state index < -0.39 is 26.6 Å². The van der Waals surface area contributed by atoms with E-state index in [-0.39, 0.29) is 17.1 Å². The number of aromatic nitrogens is 1. The van der Waals surface area contributed by atoms with Gasteiger partial charge in [-0.15, -0.1) is 11.3 Å². The van der Waals surface area contributed by atoms with Gasteiger partial charge >= 0.3 is 0 Å².